The Bertz CT molecular complexity index is 1430. The van der Waals surface area contributed by atoms with Gasteiger partial charge in [-0.05, 0) is 133 Å². The molecule has 4 N–H and O–H groups in total. The maximum absolute atomic E-state index is 9.97. The van der Waals surface area contributed by atoms with Gasteiger partial charge in [-0.1, -0.05) is 76.2 Å². The summed E-state index contributed by atoms with van der Waals surface area (Å²) in [6.07, 6.45) is 3.96. The SMILES string of the molecule is CC(C)(CCc1ccc(O)cc1)c1ccc(O)cc1.Cc1cc(CCC(C)(C)c2cc(C)c(O)c(C)c2)cc(C)c1O. The normalized spacial score (nSPS) is 11.6. The first-order chi connectivity index (χ1) is 19.6. The first-order valence-corrected chi connectivity index (χ1v) is 14.8. The fraction of sp³-hybridized carbons (Fsp3) is 0.368. The molecule has 0 saturated heterocycles. The highest BCUT2D eigenvalue weighted by atomic mass is 16.3. The summed E-state index contributed by atoms with van der Waals surface area (Å²) in [4.78, 5) is 0. The minimum absolute atomic E-state index is 0.0307. The van der Waals surface area contributed by atoms with Gasteiger partial charge < -0.3 is 20.4 Å². The average Bonchev–Trinajstić information content (AvgIpc) is 2.93. The highest BCUT2D eigenvalue weighted by molar-refractivity contribution is 5.45. The Morgan fingerprint density at radius 3 is 1.26 bits per heavy atom. The van der Waals surface area contributed by atoms with Gasteiger partial charge in [0, 0.05) is 0 Å². The van der Waals surface area contributed by atoms with E-state index in [9.17, 15) is 20.4 Å². The second kappa shape index (κ2) is 13.4. The molecule has 0 unspecified atom stereocenters. The lowest BCUT2D eigenvalue weighted by Crippen LogP contribution is -2.18. The van der Waals surface area contributed by atoms with Gasteiger partial charge in [-0.15, -0.1) is 0 Å². The molecular formula is C38H48O4. The predicted octanol–water partition coefficient (Wildman–Crippen LogP) is 9.25. The molecule has 4 aromatic carbocycles. The van der Waals surface area contributed by atoms with Crippen LogP contribution in [0.25, 0.3) is 0 Å². The van der Waals surface area contributed by atoms with Crippen molar-refractivity contribution in [2.45, 2.75) is 91.9 Å². The molecule has 0 heterocycles. The van der Waals surface area contributed by atoms with Crippen molar-refractivity contribution in [1.82, 2.24) is 0 Å². The average molecular weight is 569 g/mol. The molecule has 0 amide bonds. The zero-order valence-electron chi connectivity index (χ0n) is 26.5. The number of rotatable bonds is 8. The quantitative estimate of drug-likeness (QED) is 0.171. The largest absolute Gasteiger partial charge is 0.508 e. The highest BCUT2D eigenvalue weighted by Gasteiger charge is 2.23. The third-order valence-electron chi connectivity index (χ3n) is 8.49. The van der Waals surface area contributed by atoms with E-state index >= 15 is 0 Å². The van der Waals surface area contributed by atoms with E-state index in [-0.39, 0.29) is 10.8 Å². The molecule has 224 valence electrons. The van der Waals surface area contributed by atoms with Gasteiger partial charge in [0.25, 0.3) is 0 Å². The fourth-order valence-corrected chi connectivity index (χ4v) is 5.31. The zero-order chi connectivity index (χ0) is 31.2. The Morgan fingerprint density at radius 2 is 0.810 bits per heavy atom. The van der Waals surface area contributed by atoms with Gasteiger partial charge in [0.15, 0.2) is 0 Å². The molecule has 0 aliphatic rings. The molecule has 0 fully saturated rings. The topological polar surface area (TPSA) is 80.9 Å². The first kappa shape index (κ1) is 32.6. The Kier molecular flexibility index (Phi) is 10.4. The van der Waals surface area contributed by atoms with E-state index in [1.54, 1.807) is 24.3 Å². The summed E-state index contributed by atoms with van der Waals surface area (Å²) < 4.78 is 0. The minimum Gasteiger partial charge on any atom is -0.508 e. The molecule has 4 rings (SSSR count). The Labute approximate surface area is 252 Å². The minimum atomic E-state index is 0.0307. The van der Waals surface area contributed by atoms with Gasteiger partial charge in [0.05, 0.1) is 0 Å². The van der Waals surface area contributed by atoms with Gasteiger partial charge in [0.1, 0.15) is 23.0 Å². The van der Waals surface area contributed by atoms with Crippen LogP contribution >= 0.6 is 0 Å². The van der Waals surface area contributed by atoms with Crippen LogP contribution in [0, 0.1) is 27.7 Å². The lowest BCUT2D eigenvalue weighted by Gasteiger charge is -2.27. The van der Waals surface area contributed by atoms with Crippen LogP contribution in [0.2, 0.25) is 0 Å². The number of phenolic OH excluding ortho intramolecular Hbond substituents is 4. The maximum Gasteiger partial charge on any atom is 0.121 e. The lowest BCUT2D eigenvalue weighted by atomic mass is 9.78. The van der Waals surface area contributed by atoms with Crippen LogP contribution < -0.4 is 0 Å². The number of aromatic hydroxyl groups is 4. The van der Waals surface area contributed by atoms with Crippen molar-refractivity contribution < 1.29 is 20.4 Å². The van der Waals surface area contributed by atoms with E-state index in [0.717, 1.165) is 47.9 Å². The molecule has 4 nitrogen and oxygen atoms in total. The molecule has 0 aromatic heterocycles. The second-order valence-electron chi connectivity index (χ2n) is 13.0. The summed E-state index contributed by atoms with van der Waals surface area (Å²) in [7, 11) is 0. The van der Waals surface area contributed by atoms with Crippen molar-refractivity contribution in [3.8, 4) is 23.0 Å². The van der Waals surface area contributed by atoms with E-state index in [0.29, 0.717) is 23.0 Å². The van der Waals surface area contributed by atoms with Crippen molar-refractivity contribution in [1.29, 1.82) is 0 Å². The number of phenols is 4. The standard InChI is InChI=1S/C21H28O2.C17H20O2/c1-13-9-17(10-14(2)19(13)22)7-8-21(5,6)18-11-15(3)20(23)16(4)12-18;1-17(2,14-5-9-16(19)10-6-14)12-11-13-3-7-15(18)8-4-13/h9-12,22-23H,7-8H2,1-6H3;3-10,18-19H,11-12H2,1-2H3. The molecule has 0 radical (unpaired) electrons. The van der Waals surface area contributed by atoms with Crippen LogP contribution in [0.1, 0.15) is 85.0 Å². The summed E-state index contributed by atoms with van der Waals surface area (Å²) >= 11 is 0. The molecule has 4 heteroatoms. The molecular weight excluding hydrogens is 520 g/mol. The van der Waals surface area contributed by atoms with Gasteiger partial charge in [-0.3, -0.25) is 0 Å². The monoisotopic (exact) mass is 568 g/mol. The number of hydrogen-bond acceptors (Lipinski definition) is 4. The van der Waals surface area contributed by atoms with Crippen LogP contribution in [0.15, 0.2) is 72.8 Å². The van der Waals surface area contributed by atoms with Crippen molar-refractivity contribution in [3.05, 3.63) is 117 Å². The predicted molar refractivity (Wildman–Crippen MR) is 174 cm³/mol. The molecule has 42 heavy (non-hydrogen) atoms. The third kappa shape index (κ3) is 8.55. The Hall–Kier alpha value is -3.92. The smallest absolute Gasteiger partial charge is 0.121 e. The van der Waals surface area contributed by atoms with Crippen molar-refractivity contribution >= 4 is 0 Å². The van der Waals surface area contributed by atoms with E-state index in [4.69, 9.17) is 0 Å². The summed E-state index contributed by atoms with van der Waals surface area (Å²) in [6.45, 7) is 16.7. The lowest BCUT2D eigenvalue weighted by molar-refractivity contribution is 0.457. The van der Waals surface area contributed by atoms with Gasteiger partial charge in [0.2, 0.25) is 0 Å². The maximum atomic E-state index is 9.97. The molecule has 4 aromatic rings. The summed E-state index contributed by atoms with van der Waals surface area (Å²) in [6, 6.07) is 23.1. The Morgan fingerprint density at radius 1 is 0.452 bits per heavy atom. The molecule has 0 atom stereocenters. The summed E-state index contributed by atoms with van der Waals surface area (Å²) in [5, 5.41) is 38.5. The van der Waals surface area contributed by atoms with Crippen LogP contribution in [-0.2, 0) is 23.7 Å². The van der Waals surface area contributed by atoms with Crippen molar-refractivity contribution in [2.75, 3.05) is 0 Å². The van der Waals surface area contributed by atoms with Crippen molar-refractivity contribution in [2.24, 2.45) is 0 Å². The van der Waals surface area contributed by atoms with Crippen molar-refractivity contribution in [3.63, 3.8) is 0 Å². The zero-order valence-corrected chi connectivity index (χ0v) is 26.5. The number of benzene rings is 4. The molecule has 0 saturated carbocycles. The van der Waals surface area contributed by atoms with Crippen LogP contribution in [-0.4, -0.2) is 20.4 Å². The van der Waals surface area contributed by atoms with E-state index in [2.05, 4.69) is 52.0 Å². The van der Waals surface area contributed by atoms with Crippen LogP contribution in [0.5, 0.6) is 23.0 Å². The summed E-state index contributed by atoms with van der Waals surface area (Å²) in [5.74, 6) is 1.41. The molecule has 0 aliphatic carbocycles. The Balaban J connectivity index is 0.000000235. The number of hydrogen-bond donors (Lipinski definition) is 4. The molecule has 0 aliphatic heterocycles. The molecule has 0 bridgehead atoms. The van der Waals surface area contributed by atoms with Gasteiger partial charge in [-0.2, -0.15) is 0 Å². The van der Waals surface area contributed by atoms with Crippen LogP contribution in [0.4, 0.5) is 0 Å². The van der Waals surface area contributed by atoms with Crippen LogP contribution in [0.3, 0.4) is 0 Å². The number of aryl methyl sites for hydroxylation is 6. The first-order valence-electron chi connectivity index (χ1n) is 14.8. The van der Waals surface area contributed by atoms with E-state index in [1.807, 2.05) is 52.0 Å². The van der Waals surface area contributed by atoms with E-state index < -0.39 is 0 Å². The second-order valence-corrected chi connectivity index (χ2v) is 13.0. The van der Waals surface area contributed by atoms with Gasteiger partial charge in [-0.25, -0.2) is 0 Å². The summed E-state index contributed by atoms with van der Waals surface area (Å²) in [5.41, 5.74) is 8.82. The molecule has 0 spiro atoms. The van der Waals surface area contributed by atoms with E-state index in [1.165, 1.54) is 22.3 Å². The van der Waals surface area contributed by atoms with Gasteiger partial charge >= 0.3 is 0 Å². The third-order valence-corrected chi connectivity index (χ3v) is 8.49. The fourth-order valence-electron chi connectivity index (χ4n) is 5.31. The highest BCUT2D eigenvalue weighted by Crippen LogP contribution is 2.34.